The molecular weight excluding hydrogens is 246 g/mol. The predicted molar refractivity (Wildman–Crippen MR) is 69.6 cm³/mol. The summed E-state index contributed by atoms with van der Waals surface area (Å²) in [4.78, 5) is 23.3. The van der Waals surface area contributed by atoms with Crippen molar-refractivity contribution in [1.29, 1.82) is 0 Å². The van der Waals surface area contributed by atoms with E-state index in [1.807, 2.05) is 5.43 Å². The van der Waals surface area contributed by atoms with E-state index in [4.69, 9.17) is 10.3 Å². The molecule has 0 saturated heterocycles. The second-order valence-electron chi connectivity index (χ2n) is 4.29. The summed E-state index contributed by atoms with van der Waals surface area (Å²) in [5, 5.41) is 0. The van der Waals surface area contributed by atoms with Crippen LogP contribution in [0.4, 0.5) is 0 Å². The van der Waals surface area contributed by atoms with Gasteiger partial charge in [-0.2, -0.15) is 0 Å². The highest BCUT2D eigenvalue weighted by molar-refractivity contribution is 5.91. The average molecular weight is 261 g/mol. The van der Waals surface area contributed by atoms with Crippen LogP contribution < -0.4 is 16.8 Å². The maximum Gasteiger partial charge on any atom is 0.300 e. The van der Waals surface area contributed by atoms with E-state index in [1.165, 1.54) is 0 Å². The number of nitrogens with two attached hydrogens (primary N) is 1. The lowest BCUT2D eigenvalue weighted by Gasteiger charge is -2.04. The molecule has 1 amide bonds. The molecule has 2 aromatic heterocycles. The molecule has 2 heterocycles. The van der Waals surface area contributed by atoms with E-state index < -0.39 is 5.91 Å². The van der Waals surface area contributed by atoms with Crippen molar-refractivity contribution in [3.8, 4) is 0 Å². The number of nitrogen functional groups attached to an aromatic ring is 1. The number of hydrazine groups is 1. The van der Waals surface area contributed by atoms with Crippen LogP contribution in [-0.2, 0) is 6.54 Å². The topological polar surface area (TPSA) is 90.3 Å². The third-order valence-corrected chi connectivity index (χ3v) is 2.93. The van der Waals surface area contributed by atoms with Gasteiger partial charge in [0.2, 0.25) is 0 Å². The standard InChI is InChI=1S/C13H15N3O3/c1-8-4-3-5-16(13(8)18)7-10-6-11(12(17)15-14)19-9(10)2/h3-6H,7,14H2,1-2H3,(H,15,17). The van der Waals surface area contributed by atoms with Crippen LogP contribution in [0.5, 0.6) is 0 Å². The summed E-state index contributed by atoms with van der Waals surface area (Å²) in [6, 6.07) is 5.15. The number of aryl methyl sites for hydroxylation is 2. The van der Waals surface area contributed by atoms with Gasteiger partial charge < -0.3 is 8.98 Å². The van der Waals surface area contributed by atoms with E-state index in [0.717, 1.165) is 5.56 Å². The van der Waals surface area contributed by atoms with E-state index in [9.17, 15) is 9.59 Å². The molecule has 0 unspecified atom stereocenters. The smallest absolute Gasteiger partial charge is 0.300 e. The van der Waals surface area contributed by atoms with Crippen molar-refractivity contribution >= 4 is 5.91 Å². The monoisotopic (exact) mass is 261 g/mol. The minimum absolute atomic E-state index is 0.0621. The summed E-state index contributed by atoms with van der Waals surface area (Å²) >= 11 is 0. The van der Waals surface area contributed by atoms with Crippen LogP contribution in [0, 0.1) is 13.8 Å². The van der Waals surface area contributed by atoms with Crippen molar-refractivity contribution < 1.29 is 9.21 Å². The predicted octanol–water partition coefficient (Wildman–Crippen LogP) is 0.710. The van der Waals surface area contributed by atoms with Crippen molar-refractivity contribution in [2.75, 3.05) is 0 Å². The largest absolute Gasteiger partial charge is 0.456 e. The summed E-state index contributed by atoms with van der Waals surface area (Å²) in [7, 11) is 0. The summed E-state index contributed by atoms with van der Waals surface area (Å²) < 4.78 is 6.87. The molecule has 0 fully saturated rings. The Labute approximate surface area is 109 Å². The molecule has 0 aliphatic rings. The first-order valence-corrected chi connectivity index (χ1v) is 5.79. The van der Waals surface area contributed by atoms with Gasteiger partial charge in [-0.15, -0.1) is 0 Å². The summed E-state index contributed by atoms with van der Waals surface area (Å²) in [5.74, 6) is 5.28. The molecule has 19 heavy (non-hydrogen) atoms. The molecule has 0 bridgehead atoms. The van der Waals surface area contributed by atoms with Crippen molar-refractivity contribution in [2.45, 2.75) is 20.4 Å². The molecule has 0 aliphatic carbocycles. The molecule has 0 spiro atoms. The van der Waals surface area contributed by atoms with Crippen molar-refractivity contribution in [1.82, 2.24) is 9.99 Å². The van der Waals surface area contributed by atoms with E-state index in [-0.39, 0.29) is 11.3 Å². The van der Waals surface area contributed by atoms with Crippen LogP contribution >= 0.6 is 0 Å². The molecule has 100 valence electrons. The molecule has 6 nitrogen and oxygen atoms in total. The van der Waals surface area contributed by atoms with Gasteiger partial charge in [-0.05, 0) is 26.0 Å². The van der Waals surface area contributed by atoms with Gasteiger partial charge in [-0.1, -0.05) is 6.07 Å². The molecule has 2 aromatic rings. The Hall–Kier alpha value is -2.34. The zero-order valence-corrected chi connectivity index (χ0v) is 10.8. The van der Waals surface area contributed by atoms with Crippen LogP contribution in [0.15, 0.2) is 33.6 Å². The van der Waals surface area contributed by atoms with E-state index in [2.05, 4.69) is 0 Å². The quantitative estimate of drug-likeness (QED) is 0.483. The number of amides is 1. The fourth-order valence-electron chi connectivity index (χ4n) is 1.82. The third-order valence-electron chi connectivity index (χ3n) is 2.93. The number of hydrogen-bond acceptors (Lipinski definition) is 4. The molecule has 0 atom stereocenters. The fourth-order valence-corrected chi connectivity index (χ4v) is 1.82. The minimum Gasteiger partial charge on any atom is -0.456 e. The number of carbonyl (C=O) groups is 1. The number of hydrogen-bond donors (Lipinski definition) is 2. The van der Waals surface area contributed by atoms with Crippen molar-refractivity contribution in [3.05, 3.63) is 57.4 Å². The van der Waals surface area contributed by atoms with Gasteiger partial charge in [0.25, 0.3) is 5.56 Å². The number of furan rings is 1. The van der Waals surface area contributed by atoms with Crippen molar-refractivity contribution in [3.63, 3.8) is 0 Å². The van der Waals surface area contributed by atoms with Gasteiger partial charge >= 0.3 is 5.91 Å². The number of carbonyl (C=O) groups excluding carboxylic acids is 1. The van der Waals surface area contributed by atoms with Gasteiger partial charge in [0.05, 0.1) is 6.54 Å². The summed E-state index contributed by atoms with van der Waals surface area (Å²) in [6.45, 7) is 3.85. The molecule has 0 aliphatic heterocycles. The summed E-state index contributed by atoms with van der Waals surface area (Å²) in [6.07, 6.45) is 1.70. The highest BCUT2D eigenvalue weighted by Gasteiger charge is 2.14. The number of pyridine rings is 1. The Morgan fingerprint density at radius 2 is 2.21 bits per heavy atom. The van der Waals surface area contributed by atoms with Crippen LogP contribution in [0.25, 0.3) is 0 Å². The lowest BCUT2D eigenvalue weighted by molar-refractivity contribution is 0.0924. The van der Waals surface area contributed by atoms with E-state index in [0.29, 0.717) is 17.9 Å². The Kier molecular flexibility index (Phi) is 3.52. The zero-order chi connectivity index (χ0) is 14.0. The maximum atomic E-state index is 11.9. The van der Waals surface area contributed by atoms with E-state index >= 15 is 0 Å². The first kappa shape index (κ1) is 13.1. The molecule has 0 saturated carbocycles. The summed E-state index contributed by atoms with van der Waals surface area (Å²) in [5.41, 5.74) is 3.38. The molecule has 3 N–H and O–H groups in total. The highest BCUT2D eigenvalue weighted by Crippen LogP contribution is 2.15. The first-order valence-electron chi connectivity index (χ1n) is 5.79. The second kappa shape index (κ2) is 5.11. The van der Waals surface area contributed by atoms with Gasteiger partial charge in [-0.3, -0.25) is 15.0 Å². The molecule has 2 rings (SSSR count). The van der Waals surface area contributed by atoms with Crippen LogP contribution in [0.1, 0.15) is 27.4 Å². The Bertz CT molecular complexity index is 670. The van der Waals surface area contributed by atoms with E-state index in [1.54, 1.807) is 42.8 Å². The lowest BCUT2D eigenvalue weighted by Crippen LogP contribution is -2.29. The van der Waals surface area contributed by atoms with Gasteiger partial charge in [0.15, 0.2) is 5.76 Å². The minimum atomic E-state index is -0.495. The second-order valence-corrected chi connectivity index (χ2v) is 4.29. The Balaban J connectivity index is 2.34. The number of nitrogens with one attached hydrogen (secondary N) is 1. The van der Waals surface area contributed by atoms with Crippen LogP contribution in [0.2, 0.25) is 0 Å². The Morgan fingerprint density at radius 1 is 1.47 bits per heavy atom. The Morgan fingerprint density at radius 3 is 2.89 bits per heavy atom. The number of nitrogens with zero attached hydrogens (tertiary/aromatic N) is 1. The SMILES string of the molecule is Cc1oc(C(=O)NN)cc1Cn1cccc(C)c1=O. The molecular formula is C13H15N3O3. The molecule has 6 heteroatoms. The van der Waals surface area contributed by atoms with Gasteiger partial charge in [-0.25, -0.2) is 5.84 Å². The molecule has 0 aromatic carbocycles. The van der Waals surface area contributed by atoms with Gasteiger partial charge in [0.1, 0.15) is 5.76 Å². The fraction of sp³-hybridized carbons (Fsp3) is 0.231. The lowest BCUT2D eigenvalue weighted by atomic mass is 10.2. The number of rotatable bonds is 3. The highest BCUT2D eigenvalue weighted by atomic mass is 16.4. The van der Waals surface area contributed by atoms with Crippen molar-refractivity contribution in [2.24, 2.45) is 5.84 Å². The number of aromatic nitrogens is 1. The molecule has 0 radical (unpaired) electrons. The van der Waals surface area contributed by atoms with Crippen LogP contribution in [-0.4, -0.2) is 10.5 Å². The van der Waals surface area contributed by atoms with Crippen LogP contribution in [0.3, 0.4) is 0 Å². The first-order chi connectivity index (χ1) is 9.02. The van der Waals surface area contributed by atoms with Gasteiger partial charge in [0, 0.05) is 17.3 Å². The zero-order valence-electron chi connectivity index (χ0n) is 10.8. The maximum absolute atomic E-state index is 11.9. The normalized spacial score (nSPS) is 10.5. The third kappa shape index (κ3) is 2.58. The average Bonchev–Trinajstić information content (AvgIpc) is 2.75.